The molecular weight excluding hydrogens is 289 g/mol. The van der Waals surface area contributed by atoms with Crippen molar-refractivity contribution >= 4 is 23.3 Å². The van der Waals surface area contributed by atoms with Gasteiger partial charge in [0, 0.05) is 17.9 Å². The van der Waals surface area contributed by atoms with Crippen LogP contribution in [0.15, 0.2) is 30.0 Å². The van der Waals surface area contributed by atoms with Crippen molar-refractivity contribution in [2.24, 2.45) is 0 Å². The van der Waals surface area contributed by atoms with Crippen LogP contribution in [0, 0.1) is 11.2 Å². The highest BCUT2D eigenvalue weighted by Crippen LogP contribution is 2.15. The molecule has 0 unspecified atom stereocenters. The molecule has 1 aromatic rings. The fraction of sp³-hybridized carbons (Fsp3) is 0.267. The lowest BCUT2D eigenvalue weighted by atomic mass is 10.2. The number of rotatable bonds is 6. The maximum Gasteiger partial charge on any atom is 0.338 e. The van der Waals surface area contributed by atoms with Gasteiger partial charge in [0.15, 0.2) is 0 Å². The van der Waals surface area contributed by atoms with E-state index < -0.39 is 17.7 Å². The molecule has 0 fully saturated rings. The van der Waals surface area contributed by atoms with Crippen molar-refractivity contribution in [2.75, 3.05) is 19.0 Å². The Kier molecular flexibility index (Phi) is 6.25. The van der Waals surface area contributed by atoms with Crippen LogP contribution in [0.1, 0.15) is 24.2 Å². The molecule has 0 aliphatic rings. The summed E-state index contributed by atoms with van der Waals surface area (Å²) in [6.07, 6.45) is 1.36. The van der Waals surface area contributed by atoms with Crippen molar-refractivity contribution in [2.45, 2.75) is 13.8 Å². The smallest absolute Gasteiger partial charge is 0.338 e. The molecule has 0 saturated heterocycles. The maximum atomic E-state index is 13.5. The van der Waals surface area contributed by atoms with Gasteiger partial charge < -0.3 is 15.4 Å². The molecule has 118 valence electrons. The van der Waals surface area contributed by atoms with Crippen molar-refractivity contribution in [3.8, 4) is 0 Å². The molecule has 6 nitrogen and oxygen atoms in total. The van der Waals surface area contributed by atoms with Crippen molar-refractivity contribution in [3.05, 3.63) is 41.4 Å². The minimum atomic E-state index is -0.715. The quantitative estimate of drug-likeness (QED) is 0.554. The first-order chi connectivity index (χ1) is 10.4. The highest BCUT2D eigenvalue weighted by molar-refractivity contribution is 6.46. The summed E-state index contributed by atoms with van der Waals surface area (Å²) >= 11 is 0. The molecule has 0 aliphatic carbocycles. The zero-order valence-electron chi connectivity index (χ0n) is 12.6. The monoisotopic (exact) mass is 307 g/mol. The van der Waals surface area contributed by atoms with Gasteiger partial charge in [0.25, 0.3) is 5.91 Å². The van der Waals surface area contributed by atoms with Crippen LogP contribution in [0.25, 0.3) is 0 Å². The lowest BCUT2D eigenvalue weighted by molar-refractivity contribution is -0.110. The number of carbonyl (C=O) groups is 2. The largest absolute Gasteiger partial charge is 0.465 e. The topological polar surface area (TPSA) is 91.3 Å². The van der Waals surface area contributed by atoms with Crippen LogP contribution >= 0.6 is 0 Å². The molecule has 22 heavy (non-hydrogen) atoms. The number of hydrogen-bond donors (Lipinski definition) is 3. The zero-order chi connectivity index (χ0) is 16.7. The van der Waals surface area contributed by atoms with Gasteiger partial charge in [-0.25, -0.2) is 9.18 Å². The summed E-state index contributed by atoms with van der Waals surface area (Å²) in [5.41, 5.74) is 0.424. The summed E-state index contributed by atoms with van der Waals surface area (Å²) in [5.74, 6) is -2.12. The molecule has 1 amide bonds. The first kappa shape index (κ1) is 17.4. The molecule has 3 N–H and O–H groups in total. The summed E-state index contributed by atoms with van der Waals surface area (Å²) in [6, 6.07) is 3.33. The van der Waals surface area contributed by atoms with Gasteiger partial charge in [-0.05, 0) is 38.1 Å². The fourth-order valence-corrected chi connectivity index (χ4v) is 1.71. The van der Waals surface area contributed by atoms with E-state index in [0.29, 0.717) is 12.2 Å². The Bertz CT molecular complexity index is 626. The third kappa shape index (κ3) is 5.01. The lowest BCUT2D eigenvalue weighted by Crippen LogP contribution is -2.22. The third-order valence-electron chi connectivity index (χ3n) is 2.64. The molecular formula is C15H18FN3O3. The number of halogens is 1. The molecule has 1 rings (SSSR count). The number of benzene rings is 1. The Morgan fingerprint density at radius 1 is 1.36 bits per heavy atom. The summed E-state index contributed by atoms with van der Waals surface area (Å²) in [5, 5.41) is 13.0. The number of amides is 1. The summed E-state index contributed by atoms with van der Waals surface area (Å²) in [7, 11) is 1.18. The number of ether oxygens (including phenoxy) is 1. The SMILES string of the molecule is CCN/C(C)=C\C(=N)C(=O)Nc1cc(F)cc(C(=O)OC)c1. The second-order valence-electron chi connectivity index (χ2n) is 4.45. The maximum absolute atomic E-state index is 13.5. The highest BCUT2D eigenvalue weighted by Gasteiger charge is 2.12. The number of allylic oxidation sites excluding steroid dienone is 1. The molecule has 0 atom stereocenters. The van der Waals surface area contributed by atoms with Gasteiger partial charge in [0.05, 0.1) is 12.7 Å². The van der Waals surface area contributed by atoms with Crippen LogP contribution in [0.5, 0.6) is 0 Å². The van der Waals surface area contributed by atoms with Gasteiger partial charge in [-0.1, -0.05) is 0 Å². The van der Waals surface area contributed by atoms with Gasteiger partial charge >= 0.3 is 5.97 Å². The standard InChI is InChI=1S/C15H18FN3O3/c1-4-18-9(2)5-13(17)14(20)19-12-7-10(15(21)22-3)6-11(16)8-12/h5-8,17-18H,4H2,1-3H3,(H,19,20)/b9-5-,17-13?. The van der Waals surface area contributed by atoms with E-state index in [4.69, 9.17) is 5.41 Å². The van der Waals surface area contributed by atoms with E-state index >= 15 is 0 Å². The molecule has 0 saturated carbocycles. The van der Waals surface area contributed by atoms with E-state index in [2.05, 4.69) is 15.4 Å². The van der Waals surface area contributed by atoms with E-state index in [9.17, 15) is 14.0 Å². The van der Waals surface area contributed by atoms with Crippen LogP contribution in [0.4, 0.5) is 10.1 Å². The number of carbonyl (C=O) groups excluding carboxylic acids is 2. The van der Waals surface area contributed by atoms with E-state index in [1.165, 1.54) is 19.3 Å². The minimum Gasteiger partial charge on any atom is -0.465 e. The highest BCUT2D eigenvalue weighted by atomic mass is 19.1. The number of hydrogen-bond acceptors (Lipinski definition) is 5. The molecule has 7 heteroatoms. The van der Waals surface area contributed by atoms with E-state index in [0.717, 1.165) is 12.1 Å². The summed E-state index contributed by atoms with van der Waals surface area (Å²) in [4.78, 5) is 23.3. The fourth-order valence-electron chi connectivity index (χ4n) is 1.71. The first-order valence-electron chi connectivity index (χ1n) is 6.58. The van der Waals surface area contributed by atoms with Crippen LogP contribution in [0.2, 0.25) is 0 Å². The third-order valence-corrected chi connectivity index (χ3v) is 2.64. The molecule has 0 radical (unpaired) electrons. The molecule has 0 spiro atoms. The van der Waals surface area contributed by atoms with Crippen LogP contribution in [-0.2, 0) is 9.53 Å². The van der Waals surface area contributed by atoms with Gasteiger partial charge in [0.1, 0.15) is 11.5 Å². The van der Waals surface area contributed by atoms with Gasteiger partial charge in [-0.3, -0.25) is 10.2 Å². The Balaban J connectivity index is 2.88. The van der Waals surface area contributed by atoms with E-state index in [-0.39, 0.29) is 17.0 Å². The van der Waals surface area contributed by atoms with Crippen molar-refractivity contribution in [3.63, 3.8) is 0 Å². The van der Waals surface area contributed by atoms with Crippen LogP contribution in [-0.4, -0.2) is 31.2 Å². The summed E-state index contributed by atoms with van der Waals surface area (Å²) < 4.78 is 18.0. The Hall–Kier alpha value is -2.70. The second kappa shape index (κ2) is 7.92. The first-order valence-corrected chi connectivity index (χ1v) is 6.58. The predicted octanol–water partition coefficient (Wildman–Crippen LogP) is 2.08. The van der Waals surface area contributed by atoms with Gasteiger partial charge in [-0.15, -0.1) is 0 Å². The van der Waals surface area contributed by atoms with Crippen molar-refractivity contribution < 1.29 is 18.7 Å². The molecule has 0 bridgehead atoms. The molecule has 0 aliphatic heterocycles. The molecule has 1 aromatic carbocycles. The van der Waals surface area contributed by atoms with Crippen molar-refractivity contribution in [1.82, 2.24) is 5.32 Å². The Labute approximate surface area is 127 Å². The Morgan fingerprint density at radius 2 is 2.05 bits per heavy atom. The number of methoxy groups -OCH3 is 1. The Morgan fingerprint density at radius 3 is 2.64 bits per heavy atom. The molecule has 0 heterocycles. The second-order valence-corrected chi connectivity index (χ2v) is 4.45. The number of esters is 1. The number of nitrogens with one attached hydrogen (secondary N) is 3. The normalized spacial score (nSPS) is 10.8. The average Bonchev–Trinajstić information content (AvgIpc) is 2.45. The van der Waals surface area contributed by atoms with E-state index in [1.54, 1.807) is 6.92 Å². The minimum absolute atomic E-state index is 0.0243. The van der Waals surface area contributed by atoms with Crippen LogP contribution < -0.4 is 10.6 Å². The predicted molar refractivity (Wildman–Crippen MR) is 81.5 cm³/mol. The van der Waals surface area contributed by atoms with Gasteiger partial charge in [0.2, 0.25) is 0 Å². The number of anilines is 1. The van der Waals surface area contributed by atoms with Gasteiger partial charge in [-0.2, -0.15) is 0 Å². The average molecular weight is 307 g/mol. The lowest BCUT2D eigenvalue weighted by Gasteiger charge is -2.08. The zero-order valence-corrected chi connectivity index (χ0v) is 12.6. The van der Waals surface area contributed by atoms with E-state index in [1.807, 2.05) is 6.92 Å². The van der Waals surface area contributed by atoms with Crippen LogP contribution in [0.3, 0.4) is 0 Å². The molecule has 0 aromatic heterocycles. The van der Waals surface area contributed by atoms with Crippen molar-refractivity contribution in [1.29, 1.82) is 5.41 Å². The summed E-state index contributed by atoms with van der Waals surface area (Å²) in [6.45, 7) is 4.29.